The van der Waals surface area contributed by atoms with Gasteiger partial charge in [-0.1, -0.05) is 72.8 Å². The number of hydrogen-bond donors (Lipinski definition) is 3. The van der Waals surface area contributed by atoms with Gasteiger partial charge in [0.2, 0.25) is 5.95 Å². The number of carbonyl (C=O) groups is 1. The lowest BCUT2D eigenvalue weighted by atomic mass is 9.53. The molecule has 0 radical (unpaired) electrons. The zero-order chi connectivity index (χ0) is 36.5. The van der Waals surface area contributed by atoms with Gasteiger partial charge in [-0.05, 0) is 90.2 Å². The molecule has 4 bridgehead atoms. The van der Waals surface area contributed by atoms with E-state index in [0.29, 0.717) is 6.54 Å². The maximum Gasteiger partial charge on any atom is 0.315 e. The molecule has 3 unspecified atom stereocenters. The Morgan fingerprint density at radius 3 is 2.13 bits per heavy atom. The SMILES string of the molecule is O=C(NCc1ccccc1-c1ccc(C2OC(CN3CCN(c4ncccn4)CC3)CC(c3ccc(CO)cc3)O2)cc1)NC12CC3CC(CC(C3)C1)C2. The van der Waals surface area contributed by atoms with Crippen molar-refractivity contribution in [1.82, 2.24) is 25.5 Å². The maximum atomic E-state index is 13.3. The van der Waals surface area contributed by atoms with Crippen LogP contribution in [0.2, 0.25) is 0 Å². The molecular formula is C44H52N6O4. The van der Waals surface area contributed by atoms with E-state index in [0.717, 1.165) is 115 Å². The second kappa shape index (κ2) is 15.4. The van der Waals surface area contributed by atoms with Gasteiger partial charge < -0.3 is 30.1 Å². The van der Waals surface area contributed by atoms with Crippen molar-refractivity contribution in [2.45, 2.75) is 82.1 Å². The molecule has 3 aromatic carbocycles. The van der Waals surface area contributed by atoms with Gasteiger partial charge in [0.05, 0.1) is 18.8 Å². The zero-order valence-electron chi connectivity index (χ0n) is 31.0. The average molecular weight is 729 g/mol. The Morgan fingerprint density at radius 2 is 1.44 bits per heavy atom. The third kappa shape index (κ3) is 7.75. The molecule has 4 saturated carbocycles. The van der Waals surface area contributed by atoms with Crippen molar-refractivity contribution in [3.05, 3.63) is 114 Å². The summed E-state index contributed by atoms with van der Waals surface area (Å²) < 4.78 is 13.4. The number of aliphatic hydroxyl groups is 1. The number of nitrogens with zero attached hydrogens (tertiary/aromatic N) is 4. The monoisotopic (exact) mass is 728 g/mol. The van der Waals surface area contributed by atoms with Gasteiger partial charge in [-0.2, -0.15) is 0 Å². The van der Waals surface area contributed by atoms with Gasteiger partial charge in [-0.15, -0.1) is 0 Å². The molecule has 4 aromatic rings. The van der Waals surface area contributed by atoms with Crippen molar-refractivity contribution < 1.29 is 19.4 Å². The number of piperazine rings is 1. The largest absolute Gasteiger partial charge is 0.392 e. The number of aromatic nitrogens is 2. The Balaban J connectivity index is 0.866. The van der Waals surface area contributed by atoms with Crippen molar-refractivity contribution in [2.75, 3.05) is 37.6 Å². The van der Waals surface area contributed by atoms with Crippen LogP contribution in [0.1, 0.15) is 79.6 Å². The lowest BCUT2D eigenvalue weighted by Crippen LogP contribution is -2.61. The highest BCUT2D eigenvalue weighted by atomic mass is 16.7. The van der Waals surface area contributed by atoms with E-state index in [9.17, 15) is 9.90 Å². The van der Waals surface area contributed by atoms with Crippen LogP contribution in [-0.4, -0.2) is 70.4 Å². The lowest BCUT2D eigenvalue weighted by Gasteiger charge is -2.56. The first-order valence-electron chi connectivity index (χ1n) is 20.0. The predicted octanol–water partition coefficient (Wildman–Crippen LogP) is 6.77. The van der Waals surface area contributed by atoms with Crippen LogP contribution in [0.15, 0.2) is 91.3 Å². The third-order valence-corrected chi connectivity index (χ3v) is 12.7. The van der Waals surface area contributed by atoms with Gasteiger partial charge in [-0.25, -0.2) is 14.8 Å². The van der Waals surface area contributed by atoms with E-state index in [1.165, 1.54) is 19.3 Å². The van der Waals surface area contributed by atoms with Crippen LogP contribution >= 0.6 is 0 Å². The van der Waals surface area contributed by atoms with Crippen LogP contribution in [0.4, 0.5) is 10.7 Å². The first-order valence-corrected chi connectivity index (χ1v) is 20.0. The number of ether oxygens (including phenoxy) is 2. The van der Waals surface area contributed by atoms with Crippen LogP contribution in [0.3, 0.4) is 0 Å². The van der Waals surface area contributed by atoms with Gasteiger partial charge in [0.1, 0.15) is 0 Å². The van der Waals surface area contributed by atoms with Crippen LogP contribution < -0.4 is 15.5 Å². The van der Waals surface area contributed by atoms with Crippen LogP contribution in [0, 0.1) is 17.8 Å². The molecule has 2 amide bonds. The molecule has 10 heteroatoms. The minimum absolute atomic E-state index is 0.00881. The summed E-state index contributed by atoms with van der Waals surface area (Å²) in [5.41, 5.74) is 6.20. The molecule has 6 fully saturated rings. The molecule has 0 spiro atoms. The summed E-state index contributed by atoms with van der Waals surface area (Å²) in [7, 11) is 0. The first kappa shape index (κ1) is 35.4. The van der Waals surface area contributed by atoms with E-state index in [2.05, 4.69) is 85.0 Å². The normalized spacial score (nSPS) is 29.2. The van der Waals surface area contributed by atoms with Crippen molar-refractivity contribution in [3.63, 3.8) is 0 Å². The molecule has 54 heavy (non-hydrogen) atoms. The highest BCUT2D eigenvalue weighted by molar-refractivity contribution is 5.76. The molecule has 10 nitrogen and oxygen atoms in total. The van der Waals surface area contributed by atoms with E-state index in [-0.39, 0.29) is 30.4 Å². The third-order valence-electron chi connectivity index (χ3n) is 12.7. The minimum atomic E-state index is -0.524. The fourth-order valence-electron chi connectivity index (χ4n) is 10.4. The highest BCUT2D eigenvalue weighted by Crippen LogP contribution is 2.55. The average Bonchev–Trinajstić information content (AvgIpc) is 3.20. The fourth-order valence-corrected chi connectivity index (χ4v) is 10.4. The molecule has 6 aliphatic rings. The number of anilines is 1. The predicted molar refractivity (Wildman–Crippen MR) is 207 cm³/mol. The molecular weight excluding hydrogens is 677 g/mol. The van der Waals surface area contributed by atoms with Crippen molar-refractivity contribution in [3.8, 4) is 11.1 Å². The fraction of sp³-hybridized carbons (Fsp3) is 0.477. The molecule has 10 rings (SSSR count). The standard InChI is InChI=1S/C44H52N6O4/c51-29-30-6-8-35(9-7-30)40-23-38(28-49-16-18-50(19-17-49)42-45-14-3-15-46-42)53-41(54-40)36-12-10-34(11-13-36)39-5-2-1-4-37(39)27-47-43(52)48-44-24-31-20-32(25-44)22-33(21-31)26-44/h1-15,31-33,38,40-41,51H,16-29H2,(H2,47,48,52). The van der Waals surface area contributed by atoms with Crippen molar-refractivity contribution in [1.29, 1.82) is 0 Å². The molecule has 3 atom stereocenters. The van der Waals surface area contributed by atoms with E-state index < -0.39 is 6.29 Å². The first-order chi connectivity index (χ1) is 26.5. The zero-order valence-corrected chi connectivity index (χ0v) is 31.0. The smallest absolute Gasteiger partial charge is 0.315 e. The van der Waals surface area contributed by atoms with Crippen LogP contribution in [0.25, 0.3) is 11.1 Å². The van der Waals surface area contributed by atoms with E-state index in [1.807, 2.05) is 24.3 Å². The number of aliphatic hydroxyl groups excluding tert-OH is 1. The number of urea groups is 1. The van der Waals surface area contributed by atoms with E-state index >= 15 is 0 Å². The molecule has 3 N–H and O–H groups in total. The molecule has 2 saturated heterocycles. The Kier molecular flexibility index (Phi) is 10.1. The summed E-state index contributed by atoms with van der Waals surface area (Å²) in [5.74, 6) is 3.15. The van der Waals surface area contributed by atoms with Gasteiger partial charge >= 0.3 is 6.03 Å². The van der Waals surface area contributed by atoms with Gasteiger partial charge in [0, 0.05) is 69.2 Å². The summed E-state index contributed by atoms with van der Waals surface area (Å²) in [5, 5.41) is 16.3. The Labute approximate surface area is 318 Å². The summed E-state index contributed by atoms with van der Waals surface area (Å²) in [6.45, 7) is 4.85. The minimum Gasteiger partial charge on any atom is -0.392 e. The Bertz CT molecular complexity index is 1850. The summed E-state index contributed by atoms with van der Waals surface area (Å²) in [6.07, 6.45) is 11.1. The molecule has 1 aromatic heterocycles. The Morgan fingerprint density at radius 1 is 0.778 bits per heavy atom. The van der Waals surface area contributed by atoms with E-state index in [4.69, 9.17) is 9.47 Å². The number of nitrogens with one attached hydrogen (secondary N) is 2. The van der Waals surface area contributed by atoms with Gasteiger partial charge in [0.15, 0.2) is 6.29 Å². The summed E-state index contributed by atoms with van der Waals surface area (Å²) in [6, 6.07) is 26.7. The topological polar surface area (TPSA) is 112 Å². The lowest BCUT2D eigenvalue weighted by molar-refractivity contribution is -0.253. The summed E-state index contributed by atoms with van der Waals surface area (Å²) >= 11 is 0. The number of amides is 2. The van der Waals surface area contributed by atoms with Crippen LogP contribution in [0.5, 0.6) is 0 Å². The van der Waals surface area contributed by atoms with Gasteiger partial charge in [-0.3, -0.25) is 4.90 Å². The van der Waals surface area contributed by atoms with E-state index in [1.54, 1.807) is 12.4 Å². The second-order valence-corrected chi connectivity index (χ2v) is 16.5. The number of benzene rings is 3. The molecule has 4 aliphatic carbocycles. The van der Waals surface area contributed by atoms with Crippen LogP contribution in [-0.2, 0) is 22.6 Å². The maximum absolute atomic E-state index is 13.3. The Hall–Kier alpha value is -4.35. The molecule has 282 valence electrons. The van der Waals surface area contributed by atoms with Crippen molar-refractivity contribution >= 4 is 12.0 Å². The van der Waals surface area contributed by atoms with Crippen molar-refractivity contribution in [2.24, 2.45) is 17.8 Å². The number of rotatable bonds is 10. The summed E-state index contributed by atoms with van der Waals surface area (Å²) in [4.78, 5) is 26.9. The highest BCUT2D eigenvalue weighted by Gasteiger charge is 2.51. The molecule has 2 aliphatic heterocycles. The molecule has 3 heterocycles. The number of carbonyl (C=O) groups excluding carboxylic acids is 1. The second-order valence-electron chi connectivity index (χ2n) is 16.5. The quantitative estimate of drug-likeness (QED) is 0.164. The number of hydrogen-bond acceptors (Lipinski definition) is 8. The van der Waals surface area contributed by atoms with Gasteiger partial charge in [0.25, 0.3) is 0 Å².